The molecule has 4 fully saturated rings. The van der Waals surface area contributed by atoms with E-state index >= 15 is 0 Å². The minimum absolute atomic E-state index is 0.461. The van der Waals surface area contributed by atoms with Crippen LogP contribution in [0.1, 0.15) is 31.9 Å². The molecule has 4 aliphatic rings. The molecule has 0 aromatic carbocycles. The normalized spacial score (nSPS) is 47.6. The van der Waals surface area contributed by atoms with Crippen LogP contribution in [0.25, 0.3) is 0 Å². The summed E-state index contributed by atoms with van der Waals surface area (Å²) < 4.78 is 2.37. The fourth-order valence-corrected chi connectivity index (χ4v) is 5.18. The molecule has 2 nitrogen and oxygen atoms in total. The molecule has 1 saturated carbocycles. The van der Waals surface area contributed by atoms with E-state index in [4.69, 9.17) is 0 Å². The van der Waals surface area contributed by atoms with Crippen molar-refractivity contribution in [2.45, 2.75) is 37.6 Å². The topological polar surface area (TPSA) is 8.17 Å². The van der Waals surface area contributed by atoms with Crippen molar-refractivity contribution in [3.05, 3.63) is 24.0 Å². The quantitative estimate of drug-likeness (QED) is 0.719. The zero-order valence-electron chi connectivity index (χ0n) is 10.9. The molecule has 0 amide bonds. The van der Waals surface area contributed by atoms with Crippen LogP contribution in [0.15, 0.2) is 18.3 Å². The van der Waals surface area contributed by atoms with Crippen molar-refractivity contribution in [1.29, 1.82) is 0 Å². The first-order chi connectivity index (χ1) is 8.19. The van der Waals surface area contributed by atoms with E-state index in [9.17, 15) is 0 Å². The molecule has 4 bridgehead atoms. The average molecular weight is 230 g/mol. The van der Waals surface area contributed by atoms with Crippen LogP contribution in [0.5, 0.6) is 0 Å². The number of aromatic nitrogens is 1. The molecular weight excluding hydrogens is 208 g/mol. The van der Waals surface area contributed by atoms with Crippen molar-refractivity contribution in [3.8, 4) is 0 Å². The van der Waals surface area contributed by atoms with Crippen molar-refractivity contribution < 1.29 is 0 Å². The van der Waals surface area contributed by atoms with Gasteiger partial charge < -0.3 is 4.57 Å². The van der Waals surface area contributed by atoms with Gasteiger partial charge in [-0.3, -0.25) is 4.90 Å². The van der Waals surface area contributed by atoms with Crippen molar-refractivity contribution >= 4 is 0 Å². The Labute approximate surface area is 104 Å². The largest absolute Gasteiger partial charge is 0.354 e. The fraction of sp³-hybridized carbons (Fsp3) is 0.733. The lowest BCUT2D eigenvalue weighted by Crippen LogP contribution is -2.65. The molecule has 1 aromatic heterocycles. The maximum atomic E-state index is 2.76. The van der Waals surface area contributed by atoms with Crippen LogP contribution in [-0.4, -0.2) is 28.6 Å². The van der Waals surface area contributed by atoms with E-state index in [0.717, 1.165) is 17.9 Å². The Bertz CT molecular complexity index is 434. The predicted octanol–water partition coefficient (Wildman–Crippen LogP) is 2.40. The third kappa shape index (κ3) is 1.20. The van der Waals surface area contributed by atoms with E-state index in [0.29, 0.717) is 5.41 Å². The molecule has 17 heavy (non-hydrogen) atoms. The second-order valence-corrected chi connectivity index (χ2v) is 6.67. The summed E-state index contributed by atoms with van der Waals surface area (Å²) >= 11 is 0. The summed E-state index contributed by atoms with van der Waals surface area (Å²) in [7, 11) is 2.22. The van der Waals surface area contributed by atoms with E-state index < -0.39 is 0 Å². The molecule has 2 heteroatoms. The Morgan fingerprint density at radius 3 is 2.53 bits per heavy atom. The zero-order chi connectivity index (χ0) is 11.6. The van der Waals surface area contributed by atoms with Crippen molar-refractivity contribution in [1.82, 2.24) is 9.47 Å². The average Bonchev–Trinajstić information content (AvgIpc) is 2.71. The summed E-state index contributed by atoms with van der Waals surface area (Å²) in [5, 5.41) is 0. The maximum absolute atomic E-state index is 2.76. The molecule has 4 heterocycles. The van der Waals surface area contributed by atoms with E-state index in [1.165, 1.54) is 32.4 Å². The third-order valence-corrected chi connectivity index (χ3v) is 5.76. The van der Waals surface area contributed by atoms with Gasteiger partial charge in [-0.25, -0.2) is 0 Å². The van der Waals surface area contributed by atoms with E-state index in [1.54, 1.807) is 5.69 Å². The molecule has 92 valence electrons. The Morgan fingerprint density at radius 1 is 1.24 bits per heavy atom. The molecule has 3 aliphatic heterocycles. The first kappa shape index (κ1) is 10.2. The SMILES string of the molecule is CC1N2CC3CC(C2)CC1(c1cccn1C)C3. The standard InChI is InChI=1S/C15H22N2/c1-11-15(14-4-3-5-16(14)2)7-12-6-13(8-15)10-17(11)9-12/h3-5,11-13H,6-10H2,1-2H3. The van der Waals surface area contributed by atoms with Gasteiger partial charge in [0.05, 0.1) is 0 Å². The number of nitrogens with zero attached hydrogens (tertiary/aromatic N) is 2. The molecule has 3 unspecified atom stereocenters. The molecule has 1 aromatic rings. The maximum Gasteiger partial charge on any atom is 0.0265 e. The van der Waals surface area contributed by atoms with Crippen molar-refractivity contribution in [2.24, 2.45) is 18.9 Å². The lowest BCUT2D eigenvalue weighted by molar-refractivity contribution is -0.0811. The van der Waals surface area contributed by atoms with Crippen molar-refractivity contribution in [3.63, 3.8) is 0 Å². The summed E-state index contributed by atoms with van der Waals surface area (Å²) in [6, 6.07) is 5.32. The van der Waals surface area contributed by atoms with Gasteiger partial charge in [-0.2, -0.15) is 0 Å². The molecule has 1 aliphatic carbocycles. The van der Waals surface area contributed by atoms with Crippen LogP contribution < -0.4 is 0 Å². The molecular formula is C15H22N2. The minimum atomic E-state index is 0.461. The Morgan fingerprint density at radius 2 is 1.94 bits per heavy atom. The highest BCUT2D eigenvalue weighted by Crippen LogP contribution is 2.55. The van der Waals surface area contributed by atoms with Crippen molar-refractivity contribution in [2.75, 3.05) is 13.1 Å². The molecule has 0 N–H and O–H groups in total. The van der Waals surface area contributed by atoms with E-state index in [-0.39, 0.29) is 0 Å². The molecule has 3 saturated heterocycles. The second kappa shape index (κ2) is 3.17. The molecule has 0 spiro atoms. The van der Waals surface area contributed by atoms with Gasteiger partial charge in [-0.15, -0.1) is 0 Å². The van der Waals surface area contributed by atoms with Crippen LogP contribution in [0.2, 0.25) is 0 Å². The highest BCUT2D eigenvalue weighted by atomic mass is 15.2. The molecule has 5 rings (SSSR count). The van der Waals surface area contributed by atoms with Crippen LogP contribution in [0.4, 0.5) is 0 Å². The number of hydrogen-bond acceptors (Lipinski definition) is 1. The highest BCUT2D eigenvalue weighted by molar-refractivity contribution is 5.27. The van der Waals surface area contributed by atoms with Gasteiger partial charge in [0.1, 0.15) is 0 Å². The Hall–Kier alpha value is -0.760. The van der Waals surface area contributed by atoms with Crippen LogP contribution in [-0.2, 0) is 12.5 Å². The zero-order valence-corrected chi connectivity index (χ0v) is 10.9. The highest BCUT2D eigenvalue weighted by Gasteiger charge is 2.55. The van der Waals surface area contributed by atoms with Crippen LogP contribution in [0.3, 0.4) is 0 Å². The monoisotopic (exact) mass is 230 g/mol. The number of piperidine rings is 3. The van der Waals surface area contributed by atoms with Gasteiger partial charge in [0.2, 0.25) is 0 Å². The van der Waals surface area contributed by atoms with Crippen LogP contribution in [0, 0.1) is 11.8 Å². The second-order valence-electron chi connectivity index (χ2n) is 6.67. The Balaban J connectivity index is 1.84. The lowest BCUT2D eigenvalue weighted by atomic mass is 9.55. The smallest absolute Gasteiger partial charge is 0.0265 e. The van der Waals surface area contributed by atoms with E-state index in [2.05, 4.69) is 41.8 Å². The third-order valence-electron chi connectivity index (χ3n) is 5.76. The van der Waals surface area contributed by atoms with Gasteiger partial charge in [0.15, 0.2) is 0 Å². The minimum Gasteiger partial charge on any atom is -0.354 e. The summed E-state index contributed by atoms with van der Waals surface area (Å²) in [5.74, 6) is 1.93. The number of hydrogen-bond donors (Lipinski definition) is 0. The predicted molar refractivity (Wildman–Crippen MR) is 69.0 cm³/mol. The van der Waals surface area contributed by atoms with Gasteiger partial charge >= 0.3 is 0 Å². The summed E-state index contributed by atoms with van der Waals surface area (Å²) in [4.78, 5) is 2.76. The fourth-order valence-electron chi connectivity index (χ4n) is 5.18. The Kier molecular flexibility index (Phi) is 1.90. The summed E-state index contributed by atoms with van der Waals surface area (Å²) in [6.07, 6.45) is 6.57. The summed E-state index contributed by atoms with van der Waals surface area (Å²) in [6.45, 7) is 5.19. The van der Waals surface area contributed by atoms with Crippen LogP contribution >= 0.6 is 0 Å². The first-order valence-corrected chi connectivity index (χ1v) is 7.05. The van der Waals surface area contributed by atoms with Gasteiger partial charge in [0.25, 0.3) is 0 Å². The number of aryl methyl sites for hydroxylation is 1. The van der Waals surface area contributed by atoms with Gasteiger partial charge in [-0.05, 0) is 50.2 Å². The molecule has 3 atom stereocenters. The molecule has 0 radical (unpaired) electrons. The van der Waals surface area contributed by atoms with Gasteiger partial charge in [-0.1, -0.05) is 0 Å². The van der Waals surface area contributed by atoms with E-state index in [1.807, 2.05) is 0 Å². The van der Waals surface area contributed by atoms with Gasteiger partial charge in [0, 0.05) is 43.5 Å². The number of rotatable bonds is 1. The lowest BCUT2D eigenvalue weighted by Gasteiger charge is -2.62. The summed E-state index contributed by atoms with van der Waals surface area (Å²) in [5.41, 5.74) is 2.05. The first-order valence-electron chi connectivity index (χ1n) is 7.05.